The van der Waals surface area contributed by atoms with E-state index in [0.29, 0.717) is 6.61 Å². The van der Waals surface area contributed by atoms with Crippen molar-refractivity contribution in [3.05, 3.63) is 35.9 Å². The molecule has 1 amide bonds. The number of carbonyl (C=O) groups is 2. The van der Waals surface area contributed by atoms with Crippen molar-refractivity contribution in [3.8, 4) is 0 Å². The normalized spacial score (nSPS) is 15.0. The topological polar surface area (TPSA) is 73.9 Å². The van der Waals surface area contributed by atoms with Crippen LogP contribution in [0.3, 0.4) is 0 Å². The van der Waals surface area contributed by atoms with Crippen molar-refractivity contribution in [2.75, 3.05) is 0 Å². The summed E-state index contributed by atoms with van der Waals surface area (Å²) in [6, 6.07) is 9.00. The number of ether oxygens (including phenoxy) is 3. The largest absolute Gasteiger partial charge is 0.458 e. The lowest BCUT2D eigenvalue weighted by Crippen LogP contribution is -2.45. The van der Waals surface area contributed by atoms with Crippen molar-refractivity contribution < 1.29 is 23.8 Å². The lowest BCUT2D eigenvalue weighted by atomic mass is 10.0. The van der Waals surface area contributed by atoms with Crippen LogP contribution < -0.4 is 5.32 Å². The predicted molar refractivity (Wildman–Crippen MR) is 104 cm³/mol. The highest BCUT2D eigenvalue weighted by Crippen LogP contribution is 2.17. The fraction of sp³-hybridized carbons (Fsp3) is 0.619. The number of hydrogen-bond acceptors (Lipinski definition) is 5. The molecule has 6 nitrogen and oxygen atoms in total. The monoisotopic (exact) mass is 379 g/mol. The van der Waals surface area contributed by atoms with Gasteiger partial charge in [0.1, 0.15) is 17.7 Å². The second-order valence-electron chi connectivity index (χ2n) is 8.02. The zero-order valence-electron chi connectivity index (χ0n) is 17.4. The van der Waals surface area contributed by atoms with Gasteiger partial charge < -0.3 is 19.5 Å². The third-order valence-corrected chi connectivity index (χ3v) is 3.81. The smallest absolute Gasteiger partial charge is 0.408 e. The molecule has 0 aliphatic heterocycles. The van der Waals surface area contributed by atoms with E-state index in [-0.39, 0.29) is 12.0 Å². The first-order chi connectivity index (χ1) is 12.5. The molecule has 1 aromatic rings. The Balaban J connectivity index is 2.58. The van der Waals surface area contributed by atoms with E-state index in [9.17, 15) is 9.59 Å². The highest BCUT2D eigenvalue weighted by molar-refractivity contribution is 5.81. The number of nitrogens with one attached hydrogen (secondary N) is 1. The van der Waals surface area contributed by atoms with Crippen LogP contribution in [0.2, 0.25) is 0 Å². The molecule has 0 saturated heterocycles. The quantitative estimate of drug-likeness (QED) is 0.689. The highest BCUT2D eigenvalue weighted by atomic mass is 16.6. The molecule has 0 aliphatic carbocycles. The van der Waals surface area contributed by atoms with Gasteiger partial charge >= 0.3 is 12.1 Å². The fourth-order valence-electron chi connectivity index (χ4n) is 2.45. The molecule has 0 fully saturated rings. The summed E-state index contributed by atoms with van der Waals surface area (Å²) in [4.78, 5) is 24.2. The Hall–Kier alpha value is -2.08. The van der Waals surface area contributed by atoms with E-state index in [1.54, 1.807) is 27.7 Å². The second-order valence-corrected chi connectivity index (χ2v) is 8.02. The van der Waals surface area contributed by atoms with Crippen LogP contribution in [0.25, 0.3) is 0 Å². The summed E-state index contributed by atoms with van der Waals surface area (Å²) >= 11 is 0. The molecule has 3 atom stereocenters. The van der Waals surface area contributed by atoms with E-state index in [1.807, 2.05) is 51.1 Å². The summed E-state index contributed by atoms with van der Waals surface area (Å²) in [5, 5.41) is 2.50. The zero-order valence-corrected chi connectivity index (χ0v) is 17.4. The molecule has 0 aromatic heterocycles. The van der Waals surface area contributed by atoms with E-state index >= 15 is 0 Å². The van der Waals surface area contributed by atoms with Crippen LogP contribution in [0.4, 0.5) is 4.79 Å². The van der Waals surface area contributed by atoms with Gasteiger partial charge in [-0.1, -0.05) is 44.2 Å². The number of alkyl carbamates (subject to hydrolysis) is 1. The van der Waals surface area contributed by atoms with E-state index in [0.717, 1.165) is 5.56 Å². The van der Waals surface area contributed by atoms with Gasteiger partial charge in [-0.05, 0) is 46.1 Å². The molecule has 0 saturated carbocycles. The SMILES string of the molecule is CC(C)C(OC(=O)[C@H](C)NC(=O)OC(C)(C)C)[C@H](C)OCc1ccccc1. The maximum Gasteiger partial charge on any atom is 0.408 e. The van der Waals surface area contributed by atoms with Crippen LogP contribution in [0.1, 0.15) is 54.0 Å². The Bertz CT molecular complexity index is 594. The van der Waals surface area contributed by atoms with E-state index in [1.165, 1.54) is 0 Å². The van der Waals surface area contributed by atoms with E-state index < -0.39 is 29.8 Å². The van der Waals surface area contributed by atoms with E-state index in [2.05, 4.69) is 5.32 Å². The average Bonchev–Trinajstić information content (AvgIpc) is 2.56. The van der Waals surface area contributed by atoms with Crippen LogP contribution in [0.15, 0.2) is 30.3 Å². The summed E-state index contributed by atoms with van der Waals surface area (Å²) in [6.45, 7) is 13.1. The third kappa shape index (κ3) is 8.91. The molecule has 1 unspecified atom stereocenters. The molecular formula is C21H33NO5. The van der Waals surface area contributed by atoms with Crippen molar-refractivity contribution in [3.63, 3.8) is 0 Å². The molecule has 1 rings (SSSR count). The summed E-state index contributed by atoms with van der Waals surface area (Å²) in [7, 11) is 0. The maximum atomic E-state index is 12.4. The molecule has 0 spiro atoms. The number of hydrogen-bond donors (Lipinski definition) is 1. The van der Waals surface area contributed by atoms with Gasteiger partial charge in [-0.2, -0.15) is 0 Å². The number of rotatable bonds is 8. The highest BCUT2D eigenvalue weighted by Gasteiger charge is 2.29. The molecule has 1 N–H and O–H groups in total. The molecule has 1 aromatic carbocycles. The van der Waals surface area contributed by atoms with Gasteiger partial charge in [0.05, 0.1) is 12.7 Å². The van der Waals surface area contributed by atoms with Gasteiger partial charge in [-0.25, -0.2) is 9.59 Å². The summed E-state index contributed by atoms with van der Waals surface area (Å²) in [5.41, 5.74) is 0.423. The zero-order chi connectivity index (χ0) is 20.6. The first kappa shape index (κ1) is 23.0. The van der Waals surface area contributed by atoms with Crippen molar-refractivity contribution in [1.82, 2.24) is 5.32 Å². The Morgan fingerprint density at radius 2 is 1.63 bits per heavy atom. The minimum atomic E-state index is -0.817. The van der Waals surface area contributed by atoms with Gasteiger partial charge in [0, 0.05) is 0 Å². The minimum absolute atomic E-state index is 0.0634. The molecular weight excluding hydrogens is 346 g/mol. The molecule has 27 heavy (non-hydrogen) atoms. The van der Waals surface area contributed by atoms with Crippen molar-refractivity contribution in [1.29, 1.82) is 0 Å². The van der Waals surface area contributed by atoms with Gasteiger partial charge in [0.2, 0.25) is 0 Å². The van der Waals surface area contributed by atoms with Crippen LogP contribution >= 0.6 is 0 Å². The van der Waals surface area contributed by atoms with E-state index in [4.69, 9.17) is 14.2 Å². The second kappa shape index (κ2) is 10.3. The minimum Gasteiger partial charge on any atom is -0.458 e. The van der Waals surface area contributed by atoms with Crippen molar-refractivity contribution >= 4 is 12.1 Å². The Morgan fingerprint density at radius 3 is 2.15 bits per heavy atom. The molecule has 6 heteroatoms. The first-order valence-electron chi connectivity index (χ1n) is 9.35. The molecule has 0 bridgehead atoms. The molecule has 152 valence electrons. The van der Waals surface area contributed by atoms with Crippen LogP contribution in [-0.4, -0.2) is 35.9 Å². The fourth-order valence-corrected chi connectivity index (χ4v) is 2.45. The maximum absolute atomic E-state index is 12.4. The molecule has 0 radical (unpaired) electrons. The Labute approximate surface area is 162 Å². The Morgan fingerprint density at radius 1 is 1.04 bits per heavy atom. The first-order valence-corrected chi connectivity index (χ1v) is 9.35. The lowest BCUT2D eigenvalue weighted by molar-refractivity contribution is -0.163. The predicted octanol–water partition coefficient (Wildman–Crippen LogP) is 4.07. The van der Waals surface area contributed by atoms with Crippen LogP contribution in [0.5, 0.6) is 0 Å². The lowest BCUT2D eigenvalue weighted by Gasteiger charge is -2.29. The number of benzene rings is 1. The number of carbonyl (C=O) groups excluding carboxylic acids is 2. The molecule has 0 aliphatic rings. The number of esters is 1. The molecule has 0 heterocycles. The van der Waals surface area contributed by atoms with Gasteiger partial charge in [-0.15, -0.1) is 0 Å². The Kier molecular flexibility index (Phi) is 8.76. The summed E-state index contributed by atoms with van der Waals surface area (Å²) in [6.07, 6.45) is -1.37. The van der Waals surface area contributed by atoms with Crippen LogP contribution in [0, 0.1) is 5.92 Å². The van der Waals surface area contributed by atoms with Crippen molar-refractivity contribution in [2.45, 2.75) is 78.9 Å². The van der Waals surface area contributed by atoms with Gasteiger partial charge in [0.15, 0.2) is 0 Å². The summed E-state index contributed by atoms with van der Waals surface area (Å²) < 4.78 is 16.7. The van der Waals surface area contributed by atoms with Gasteiger partial charge in [-0.3, -0.25) is 0 Å². The average molecular weight is 379 g/mol. The number of amides is 1. The van der Waals surface area contributed by atoms with Gasteiger partial charge in [0.25, 0.3) is 0 Å². The summed E-state index contributed by atoms with van der Waals surface area (Å²) in [5.74, 6) is -0.455. The van der Waals surface area contributed by atoms with Crippen LogP contribution in [-0.2, 0) is 25.6 Å². The van der Waals surface area contributed by atoms with Crippen molar-refractivity contribution in [2.24, 2.45) is 5.92 Å². The third-order valence-electron chi connectivity index (χ3n) is 3.81. The standard InChI is InChI=1S/C21H33NO5/c1-14(2)18(16(4)25-13-17-11-9-8-10-12-17)26-19(23)15(3)22-20(24)27-21(5,6)7/h8-12,14-16,18H,13H2,1-7H3,(H,22,24)/t15-,16-,18?/m0/s1.